The quantitative estimate of drug-likeness (QED) is 0.439. The number of rotatable bonds is 6. The summed E-state index contributed by atoms with van der Waals surface area (Å²) in [5.74, 6) is 0.763. The number of anilines is 1. The lowest BCUT2D eigenvalue weighted by molar-refractivity contribution is 0.0915. The largest absolute Gasteiger partial charge is 0.368 e. The number of aromatic nitrogens is 1. The van der Waals surface area contributed by atoms with Gasteiger partial charge in [0.2, 0.25) is 0 Å². The summed E-state index contributed by atoms with van der Waals surface area (Å²) in [6.45, 7) is 5.21. The van der Waals surface area contributed by atoms with E-state index in [2.05, 4.69) is 26.2 Å². The molecule has 180 valence electrons. The summed E-state index contributed by atoms with van der Waals surface area (Å²) in [6.07, 6.45) is 5.75. The van der Waals surface area contributed by atoms with Crippen molar-refractivity contribution in [1.82, 2.24) is 15.2 Å². The highest BCUT2D eigenvalue weighted by Crippen LogP contribution is 2.33. The molecular formula is C27H32Cl2N4O. The summed E-state index contributed by atoms with van der Waals surface area (Å²) >= 11 is 12.6. The van der Waals surface area contributed by atoms with E-state index in [1.54, 1.807) is 0 Å². The number of benzene rings is 2. The minimum atomic E-state index is 0.0114. The number of carbonyl (C=O) groups is 1. The molecule has 2 aromatic carbocycles. The number of hydrogen-bond acceptors (Lipinski definition) is 3. The van der Waals surface area contributed by atoms with Crippen LogP contribution in [0.3, 0.4) is 0 Å². The number of carbonyl (C=O) groups excluding carboxylic acids is 1. The Balaban J connectivity index is 1.03. The Labute approximate surface area is 211 Å². The predicted octanol–water partition coefficient (Wildman–Crippen LogP) is 5.98. The van der Waals surface area contributed by atoms with Crippen molar-refractivity contribution in [2.45, 2.75) is 38.1 Å². The number of H-pyrrole nitrogens is 1. The maximum atomic E-state index is 12.7. The third-order valence-corrected chi connectivity index (χ3v) is 8.26. The van der Waals surface area contributed by atoms with Crippen LogP contribution in [0.1, 0.15) is 42.6 Å². The predicted molar refractivity (Wildman–Crippen MR) is 141 cm³/mol. The molecule has 1 saturated carbocycles. The Hall–Kier alpha value is -2.21. The maximum absolute atomic E-state index is 12.7. The molecule has 3 aromatic rings. The third-order valence-electron chi connectivity index (χ3n) is 7.45. The third kappa shape index (κ3) is 5.37. The lowest BCUT2D eigenvalue weighted by atomic mass is 9.84. The zero-order valence-electron chi connectivity index (χ0n) is 19.4. The lowest BCUT2D eigenvalue weighted by Crippen LogP contribution is -2.47. The molecule has 2 heterocycles. The van der Waals surface area contributed by atoms with E-state index in [1.807, 2.05) is 42.5 Å². The summed E-state index contributed by atoms with van der Waals surface area (Å²) in [5.41, 5.74) is 2.70. The van der Waals surface area contributed by atoms with Gasteiger partial charge in [0.1, 0.15) is 5.69 Å². The van der Waals surface area contributed by atoms with E-state index in [0.717, 1.165) is 68.1 Å². The SMILES string of the molecule is O=C(N[C@H]1CC[C@H](CCN2CCN(c3cccc(Cl)c3Cl)CC2)CC1)c1cc2ccccc2[nH]1. The second kappa shape index (κ2) is 10.6. The molecule has 0 spiro atoms. The highest BCUT2D eigenvalue weighted by molar-refractivity contribution is 6.43. The van der Waals surface area contributed by atoms with Crippen LogP contribution >= 0.6 is 23.2 Å². The van der Waals surface area contributed by atoms with Crippen LogP contribution in [0.25, 0.3) is 10.9 Å². The van der Waals surface area contributed by atoms with Gasteiger partial charge in [0.15, 0.2) is 0 Å². The Kier molecular flexibility index (Phi) is 7.33. The fourth-order valence-electron chi connectivity index (χ4n) is 5.37. The average Bonchev–Trinajstić information content (AvgIpc) is 3.30. The van der Waals surface area contributed by atoms with Gasteiger partial charge in [-0.2, -0.15) is 0 Å². The van der Waals surface area contributed by atoms with Gasteiger partial charge in [0.05, 0.1) is 15.7 Å². The summed E-state index contributed by atoms with van der Waals surface area (Å²) in [5, 5.41) is 5.60. The Bertz CT molecular complexity index is 1100. The molecule has 34 heavy (non-hydrogen) atoms. The molecule has 2 fully saturated rings. The number of hydrogen-bond donors (Lipinski definition) is 2. The molecule has 1 amide bonds. The molecule has 2 aliphatic rings. The van der Waals surface area contributed by atoms with Crippen molar-refractivity contribution in [3.05, 3.63) is 64.3 Å². The molecule has 0 bridgehead atoms. The first-order valence-electron chi connectivity index (χ1n) is 12.4. The zero-order chi connectivity index (χ0) is 23.5. The number of para-hydroxylation sites is 1. The normalized spacial score (nSPS) is 21.6. The fraction of sp³-hybridized carbons (Fsp3) is 0.444. The Morgan fingerprint density at radius 2 is 1.74 bits per heavy atom. The van der Waals surface area contributed by atoms with E-state index < -0.39 is 0 Å². The number of amides is 1. The van der Waals surface area contributed by atoms with E-state index in [9.17, 15) is 4.79 Å². The number of nitrogens with one attached hydrogen (secondary N) is 2. The lowest BCUT2D eigenvalue weighted by Gasteiger charge is -2.37. The maximum Gasteiger partial charge on any atom is 0.267 e. The van der Waals surface area contributed by atoms with Crippen molar-refractivity contribution < 1.29 is 4.79 Å². The van der Waals surface area contributed by atoms with E-state index >= 15 is 0 Å². The first-order valence-corrected chi connectivity index (χ1v) is 13.1. The number of halogens is 2. The van der Waals surface area contributed by atoms with Gasteiger partial charge < -0.3 is 15.2 Å². The number of fused-ring (bicyclic) bond motifs is 1. The van der Waals surface area contributed by atoms with Crippen molar-refractivity contribution in [3.63, 3.8) is 0 Å². The van der Waals surface area contributed by atoms with Crippen LogP contribution in [-0.4, -0.2) is 54.6 Å². The van der Waals surface area contributed by atoms with Gasteiger partial charge in [-0.3, -0.25) is 9.69 Å². The van der Waals surface area contributed by atoms with E-state index in [-0.39, 0.29) is 11.9 Å². The minimum absolute atomic E-state index is 0.0114. The van der Waals surface area contributed by atoms with Gasteiger partial charge in [-0.15, -0.1) is 0 Å². The fourth-order valence-corrected chi connectivity index (χ4v) is 5.78. The molecule has 1 aliphatic carbocycles. The Morgan fingerprint density at radius 3 is 2.50 bits per heavy atom. The molecule has 0 radical (unpaired) electrons. The highest BCUT2D eigenvalue weighted by Gasteiger charge is 2.25. The van der Waals surface area contributed by atoms with E-state index in [1.165, 1.54) is 19.3 Å². The van der Waals surface area contributed by atoms with Crippen LogP contribution in [0.2, 0.25) is 10.0 Å². The minimum Gasteiger partial charge on any atom is -0.368 e. The van der Waals surface area contributed by atoms with Crippen LogP contribution in [0.5, 0.6) is 0 Å². The number of piperazine rings is 1. The molecule has 1 aromatic heterocycles. The van der Waals surface area contributed by atoms with Crippen molar-refractivity contribution in [3.8, 4) is 0 Å². The summed E-state index contributed by atoms with van der Waals surface area (Å²) in [4.78, 5) is 20.8. The average molecular weight is 499 g/mol. The molecule has 1 saturated heterocycles. The van der Waals surface area contributed by atoms with Crippen LogP contribution in [0.4, 0.5) is 5.69 Å². The van der Waals surface area contributed by atoms with Gasteiger partial charge in [0.25, 0.3) is 5.91 Å². The van der Waals surface area contributed by atoms with Gasteiger partial charge in [-0.1, -0.05) is 47.5 Å². The highest BCUT2D eigenvalue weighted by atomic mass is 35.5. The standard InChI is InChI=1S/C27H32Cl2N4O/c28-22-5-3-7-25(26(22)29)33-16-14-32(15-17-33)13-12-19-8-10-21(11-9-19)30-27(34)24-18-20-4-1-2-6-23(20)31-24/h1-7,18-19,21,31H,8-17H2,(H,30,34)/t19-,21-. The van der Waals surface area contributed by atoms with Crippen LogP contribution < -0.4 is 10.2 Å². The first kappa shape index (κ1) is 23.5. The van der Waals surface area contributed by atoms with Gasteiger partial charge in [-0.25, -0.2) is 0 Å². The van der Waals surface area contributed by atoms with E-state index in [4.69, 9.17) is 23.2 Å². The second-order valence-electron chi connectivity index (χ2n) is 9.65. The molecular weight excluding hydrogens is 467 g/mol. The molecule has 2 N–H and O–H groups in total. The summed E-state index contributed by atoms with van der Waals surface area (Å²) in [6, 6.07) is 16.1. The molecule has 5 rings (SSSR count). The molecule has 5 nitrogen and oxygen atoms in total. The molecule has 0 unspecified atom stereocenters. The van der Waals surface area contributed by atoms with Crippen molar-refractivity contribution in [1.29, 1.82) is 0 Å². The van der Waals surface area contributed by atoms with E-state index in [0.29, 0.717) is 15.7 Å². The second-order valence-corrected chi connectivity index (χ2v) is 10.4. The Morgan fingerprint density at radius 1 is 0.971 bits per heavy atom. The number of nitrogens with zero attached hydrogens (tertiary/aromatic N) is 2. The topological polar surface area (TPSA) is 51.4 Å². The van der Waals surface area contributed by atoms with Gasteiger partial charge in [-0.05, 0) is 68.8 Å². The van der Waals surface area contributed by atoms with Crippen LogP contribution in [-0.2, 0) is 0 Å². The van der Waals surface area contributed by atoms with Crippen LogP contribution in [0, 0.1) is 5.92 Å². The zero-order valence-corrected chi connectivity index (χ0v) is 20.9. The van der Waals surface area contributed by atoms with Crippen molar-refractivity contribution in [2.24, 2.45) is 5.92 Å². The first-order chi connectivity index (χ1) is 16.6. The monoisotopic (exact) mass is 498 g/mol. The number of aromatic amines is 1. The summed E-state index contributed by atoms with van der Waals surface area (Å²) in [7, 11) is 0. The smallest absolute Gasteiger partial charge is 0.267 e. The van der Waals surface area contributed by atoms with Gasteiger partial charge in [0, 0.05) is 43.1 Å². The van der Waals surface area contributed by atoms with Crippen molar-refractivity contribution >= 4 is 45.7 Å². The molecule has 1 aliphatic heterocycles. The van der Waals surface area contributed by atoms with Gasteiger partial charge >= 0.3 is 0 Å². The molecule has 7 heteroatoms. The molecule has 0 atom stereocenters. The summed E-state index contributed by atoms with van der Waals surface area (Å²) < 4.78 is 0. The van der Waals surface area contributed by atoms with Crippen molar-refractivity contribution in [2.75, 3.05) is 37.6 Å². The van der Waals surface area contributed by atoms with Crippen LogP contribution in [0.15, 0.2) is 48.5 Å².